The summed E-state index contributed by atoms with van der Waals surface area (Å²) in [5.41, 5.74) is 0.719. The first kappa shape index (κ1) is 10.2. The van der Waals surface area contributed by atoms with E-state index in [1.54, 1.807) is 24.3 Å². The van der Waals surface area contributed by atoms with E-state index in [0.29, 0.717) is 11.4 Å². The van der Waals surface area contributed by atoms with E-state index in [4.69, 9.17) is 11.6 Å². The number of rotatable bonds is 4. The van der Waals surface area contributed by atoms with Crippen molar-refractivity contribution in [2.45, 2.75) is 12.5 Å². The van der Waals surface area contributed by atoms with Gasteiger partial charge in [0.05, 0.1) is 12.6 Å². The number of nitroso groups, excluding NO2 is 1. The fourth-order valence-corrected chi connectivity index (χ4v) is 1.25. The minimum absolute atomic E-state index is 0.119. The normalized spacial score (nSPS) is 12.5. The van der Waals surface area contributed by atoms with Crippen LogP contribution in [0.5, 0.6) is 0 Å². The quantitative estimate of drug-likeness (QED) is 0.758. The monoisotopic (exact) mass is 199 g/mol. The molecule has 0 aliphatic rings. The van der Waals surface area contributed by atoms with Crippen LogP contribution in [0, 0.1) is 4.91 Å². The summed E-state index contributed by atoms with van der Waals surface area (Å²) in [6.45, 7) is 0.119. The molecule has 0 aliphatic heterocycles. The molecular formula is C9H10ClNO2. The van der Waals surface area contributed by atoms with Crippen LogP contribution < -0.4 is 0 Å². The van der Waals surface area contributed by atoms with E-state index in [0.717, 1.165) is 5.56 Å². The largest absolute Gasteiger partial charge is 0.388 e. The van der Waals surface area contributed by atoms with E-state index in [2.05, 4.69) is 5.18 Å². The van der Waals surface area contributed by atoms with E-state index in [9.17, 15) is 10.0 Å². The maximum absolute atomic E-state index is 9.82. The first-order chi connectivity index (χ1) is 6.24. The molecule has 0 saturated heterocycles. The minimum atomic E-state index is -0.656. The molecule has 70 valence electrons. The van der Waals surface area contributed by atoms with Crippen molar-refractivity contribution in [1.82, 2.24) is 0 Å². The fraction of sp³-hybridized carbons (Fsp3) is 0.333. The van der Waals surface area contributed by atoms with Gasteiger partial charge < -0.3 is 5.11 Å². The molecule has 0 fully saturated rings. The lowest BCUT2D eigenvalue weighted by atomic mass is 10.1. The molecule has 0 amide bonds. The van der Waals surface area contributed by atoms with Crippen molar-refractivity contribution in [3.8, 4) is 0 Å². The summed E-state index contributed by atoms with van der Waals surface area (Å²) in [5, 5.41) is 12.8. The average molecular weight is 200 g/mol. The maximum Gasteiger partial charge on any atom is 0.0839 e. The number of benzene rings is 1. The Labute approximate surface area is 81.3 Å². The SMILES string of the molecule is O=NCC[C@H](O)c1cccc(Cl)c1. The van der Waals surface area contributed by atoms with E-state index < -0.39 is 6.10 Å². The zero-order valence-electron chi connectivity index (χ0n) is 6.98. The summed E-state index contributed by atoms with van der Waals surface area (Å²) in [6, 6.07) is 6.93. The van der Waals surface area contributed by atoms with E-state index in [-0.39, 0.29) is 6.54 Å². The van der Waals surface area contributed by atoms with Crippen LogP contribution in [-0.2, 0) is 0 Å². The smallest absolute Gasteiger partial charge is 0.0839 e. The van der Waals surface area contributed by atoms with Crippen molar-refractivity contribution in [3.05, 3.63) is 39.8 Å². The van der Waals surface area contributed by atoms with Gasteiger partial charge in [0.25, 0.3) is 0 Å². The minimum Gasteiger partial charge on any atom is -0.388 e. The van der Waals surface area contributed by atoms with Gasteiger partial charge in [-0.1, -0.05) is 28.9 Å². The van der Waals surface area contributed by atoms with Crippen molar-refractivity contribution < 1.29 is 5.11 Å². The number of nitrogens with zero attached hydrogens (tertiary/aromatic N) is 1. The number of hydrogen-bond donors (Lipinski definition) is 1. The molecule has 0 spiro atoms. The molecule has 1 N–H and O–H groups in total. The highest BCUT2D eigenvalue weighted by atomic mass is 35.5. The van der Waals surface area contributed by atoms with Crippen molar-refractivity contribution in [1.29, 1.82) is 0 Å². The Morgan fingerprint density at radius 3 is 2.92 bits per heavy atom. The summed E-state index contributed by atoms with van der Waals surface area (Å²) in [5.74, 6) is 0. The number of aliphatic hydroxyl groups is 1. The van der Waals surface area contributed by atoms with Crippen LogP contribution >= 0.6 is 11.6 Å². The predicted octanol–water partition coefficient (Wildman–Crippen LogP) is 2.53. The van der Waals surface area contributed by atoms with Gasteiger partial charge in [-0.2, -0.15) is 4.91 Å². The van der Waals surface area contributed by atoms with Gasteiger partial charge in [0.1, 0.15) is 0 Å². The maximum atomic E-state index is 9.82. The molecule has 4 heteroatoms. The second kappa shape index (κ2) is 4.94. The molecule has 1 atom stereocenters. The number of aliphatic hydroxyl groups excluding tert-OH is 1. The summed E-state index contributed by atoms with van der Waals surface area (Å²) >= 11 is 5.73. The average Bonchev–Trinajstić information content (AvgIpc) is 2.14. The molecule has 0 bridgehead atoms. The lowest BCUT2D eigenvalue weighted by molar-refractivity contribution is 0.170. The Hall–Kier alpha value is -0.930. The van der Waals surface area contributed by atoms with Crippen LogP contribution in [0.2, 0.25) is 5.02 Å². The van der Waals surface area contributed by atoms with Crippen LogP contribution in [0.3, 0.4) is 0 Å². The fourth-order valence-electron chi connectivity index (χ4n) is 1.06. The second-order valence-electron chi connectivity index (χ2n) is 2.71. The van der Waals surface area contributed by atoms with E-state index in [1.165, 1.54) is 0 Å². The lowest BCUT2D eigenvalue weighted by Gasteiger charge is -2.08. The summed E-state index contributed by atoms with van der Waals surface area (Å²) in [6.07, 6.45) is -0.319. The first-order valence-electron chi connectivity index (χ1n) is 3.96. The summed E-state index contributed by atoms with van der Waals surface area (Å²) < 4.78 is 0. The molecule has 0 aliphatic carbocycles. The van der Waals surface area contributed by atoms with E-state index >= 15 is 0 Å². The Morgan fingerprint density at radius 2 is 2.31 bits per heavy atom. The molecule has 1 aromatic rings. The molecule has 3 nitrogen and oxygen atoms in total. The lowest BCUT2D eigenvalue weighted by Crippen LogP contribution is -1.98. The van der Waals surface area contributed by atoms with Gasteiger partial charge >= 0.3 is 0 Å². The van der Waals surface area contributed by atoms with Gasteiger partial charge in [-0.25, -0.2) is 0 Å². The van der Waals surface area contributed by atoms with Crippen molar-refractivity contribution in [2.75, 3.05) is 6.54 Å². The molecule has 0 unspecified atom stereocenters. The Balaban J connectivity index is 2.65. The molecule has 1 aromatic carbocycles. The van der Waals surface area contributed by atoms with Gasteiger partial charge in [0.15, 0.2) is 0 Å². The van der Waals surface area contributed by atoms with Crippen LogP contribution in [0.1, 0.15) is 18.1 Å². The van der Waals surface area contributed by atoms with E-state index in [1.807, 2.05) is 0 Å². The third kappa shape index (κ3) is 3.13. The Kier molecular flexibility index (Phi) is 3.86. The third-order valence-corrected chi connectivity index (χ3v) is 1.96. The summed E-state index contributed by atoms with van der Waals surface area (Å²) in [7, 11) is 0. The highest BCUT2D eigenvalue weighted by Gasteiger charge is 2.06. The van der Waals surface area contributed by atoms with Gasteiger partial charge in [0, 0.05) is 11.4 Å². The molecular weight excluding hydrogens is 190 g/mol. The van der Waals surface area contributed by atoms with Gasteiger partial charge in [-0.15, -0.1) is 0 Å². The van der Waals surface area contributed by atoms with Crippen LogP contribution in [0.4, 0.5) is 0 Å². The van der Waals surface area contributed by atoms with Crippen LogP contribution in [0.25, 0.3) is 0 Å². The van der Waals surface area contributed by atoms with Gasteiger partial charge in [-0.3, -0.25) is 0 Å². The highest BCUT2D eigenvalue weighted by Crippen LogP contribution is 2.19. The third-order valence-electron chi connectivity index (χ3n) is 1.73. The van der Waals surface area contributed by atoms with Crippen LogP contribution in [0.15, 0.2) is 29.4 Å². The molecule has 0 heterocycles. The molecule has 0 aromatic heterocycles. The van der Waals surface area contributed by atoms with Crippen LogP contribution in [-0.4, -0.2) is 11.7 Å². The second-order valence-corrected chi connectivity index (χ2v) is 3.15. The Morgan fingerprint density at radius 1 is 1.54 bits per heavy atom. The predicted molar refractivity (Wildman–Crippen MR) is 51.7 cm³/mol. The zero-order valence-corrected chi connectivity index (χ0v) is 7.74. The number of hydrogen-bond acceptors (Lipinski definition) is 3. The molecule has 1 rings (SSSR count). The van der Waals surface area contributed by atoms with Gasteiger partial charge in [-0.05, 0) is 17.7 Å². The number of halogens is 1. The molecule has 0 saturated carbocycles. The van der Waals surface area contributed by atoms with Crippen molar-refractivity contribution >= 4 is 11.6 Å². The first-order valence-corrected chi connectivity index (χ1v) is 4.34. The molecule has 13 heavy (non-hydrogen) atoms. The molecule has 0 radical (unpaired) electrons. The zero-order chi connectivity index (χ0) is 9.68. The van der Waals surface area contributed by atoms with Gasteiger partial charge in [0.2, 0.25) is 0 Å². The van der Waals surface area contributed by atoms with Crippen molar-refractivity contribution in [3.63, 3.8) is 0 Å². The van der Waals surface area contributed by atoms with Crippen molar-refractivity contribution in [2.24, 2.45) is 5.18 Å². The summed E-state index contributed by atoms with van der Waals surface area (Å²) in [4.78, 5) is 9.82. The highest BCUT2D eigenvalue weighted by molar-refractivity contribution is 6.30. The standard InChI is InChI=1S/C9H10ClNO2/c10-8-3-1-2-7(6-8)9(12)4-5-11-13/h1-3,6,9,12H,4-5H2/t9-/m0/s1. The Bertz CT molecular complexity index is 291. The topological polar surface area (TPSA) is 49.7 Å².